The van der Waals surface area contributed by atoms with Crippen molar-refractivity contribution in [2.45, 2.75) is 38.3 Å². The van der Waals surface area contributed by atoms with Gasteiger partial charge >= 0.3 is 0 Å². The lowest BCUT2D eigenvalue weighted by Crippen LogP contribution is -2.34. The normalized spacial score (nSPS) is 16.4. The third-order valence-electron chi connectivity index (χ3n) is 3.59. The lowest BCUT2D eigenvalue weighted by atomic mass is 10.1. The number of nitrogens with zero attached hydrogens (tertiary/aromatic N) is 3. The summed E-state index contributed by atoms with van der Waals surface area (Å²) in [6, 6.07) is 5.32. The third-order valence-corrected chi connectivity index (χ3v) is 5.22. The van der Waals surface area contributed by atoms with Crippen LogP contribution in [-0.2, 0) is 6.54 Å². The average Bonchev–Trinajstić information content (AvgIpc) is 3.24. The Bertz CT molecular complexity index is 726. The quantitative estimate of drug-likeness (QED) is 0.619. The van der Waals surface area contributed by atoms with E-state index in [1.807, 2.05) is 13.0 Å². The Morgan fingerprint density at radius 1 is 1.43 bits per heavy atom. The van der Waals surface area contributed by atoms with Crippen molar-refractivity contribution in [3.8, 4) is 0 Å². The standard InChI is InChI=1S/C15H17Cl2N5S/c1-8(11-5-4-10(16)6-12(11)17)20-15(18)19-7-13-21-22-14(23-13)9-2-3-9/h4-6,8-9H,2-3,7H2,1H3,(H3,18,19,20). The van der Waals surface area contributed by atoms with E-state index in [1.165, 1.54) is 12.8 Å². The number of halogens is 2. The summed E-state index contributed by atoms with van der Waals surface area (Å²) in [6.07, 6.45) is 2.45. The molecule has 8 heteroatoms. The number of aromatic nitrogens is 2. The maximum atomic E-state index is 6.20. The fraction of sp³-hybridized carbons (Fsp3) is 0.400. The van der Waals surface area contributed by atoms with Gasteiger partial charge in [-0.15, -0.1) is 10.2 Å². The lowest BCUT2D eigenvalue weighted by Gasteiger charge is -2.16. The van der Waals surface area contributed by atoms with Crippen LogP contribution in [0.25, 0.3) is 0 Å². The summed E-state index contributed by atoms with van der Waals surface area (Å²) in [7, 11) is 0. The molecule has 0 spiro atoms. The van der Waals surface area contributed by atoms with Gasteiger partial charge in [-0.05, 0) is 37.5 Å². The molecule has 1 aromatic carbocycles. The molecule has 3 N–H and O–H groups in total. The molecule has 1 aliphatic rings. The van der Waals surface area contributed by atoms with Gasteiger partial charge < -0.3 is 11.1 Å². The van der Waals surface area contributed by atoms with Crippen LogP contribution in [0.5, 0.6) is 0 Å². The van der Waals surface area contributed by atoms with Crippen molar-refractivity contribution in [2.24, 2.45) is 10.7 Å². The summed E-state index contributed by atoms with van der Waals surface area (Å²) in [5.41, 5.74) is 6.86. The fourth-order valence-electron chi connectivity index (χ4n) is 2.18. The van der Waals surface area contributed by atoms with E-state index < -0.39 is 0 Å². The van der Waals surface area contributed by atoms with Gasteiger partial charge in [0.25, 0.3) is 0 Å². The highest BCUT2D eigenvalue weighted by Crippen LogP contribution is 2.41. The molecule has 0 bridgehead atoms. The van der Waals surface area contributed by atoms with Gasteiger partial charge in [0, 0.05) is 16.0 Å². The van der Waals surface area contributed by atoms with Crippen LogP contribution < -0.4 is 11.1 Å². The Balaban J connectivity index is 1.59. The first-order valence-electron chi connectivity index (χ1n) is 7.36. The Morgan fingerprint density at radius 3 is 2.91 bits per heavy atom. The van der Waals surface area contributed by atoms with E-state index in [4.69, 9.17) is 28.9 Å². The topological polar surface area (TPSA) is 76.2 Å². The molecular weight excluding hydrogens is 353 g/mol. The third kappa shape index (κ3) is 4.34. The number of nitrogens with one attached hydrogen (secondary N) is 1. The molecule has 1 aromatic heterocycles. The minimum atomic E-state index is -0.0695. The van der Waals surface area contributed by atoms with Crippen molar-refractivity contribution in [2.75, 3.05) is 0 Å². The largest absolute Gasteiger partial charge is 0.370 e. The van der Waals surface area contributed by atoms with E-state index in [2.05, 4.69) is 20.5 Å². The van der Waals surface area contributed by atoms with Crippen LogP contribution in [0.4, 0.5) is 0 Å². The van der Waals surface area contributed by atoms with Gasteiger partial charge in [-0.25, -0.2) is 4.99 Å². The average molecular weight is 370 g/mol. The smallest absolute Gasteiger partial charge is 0.189 e. The molecule has 5 nitrogen and oxygen atoms in total. The predicted molar refractivity (Wildman–Crippen MR) is 95.2 cm³/mol. The van der Waals surface area contributed by atoms with Gasteiger partial charge in [0.2, 0.25) is 0 Å². The molecule has 1 unspecified atom stereocenters. The van der Waals surface area contributed by atoms with Crippen LogP contribution in [0.2, 0.25) is 10.0 Å². The van der Waals surface area contributed by atoms with E-state index in [0.29, 0.717) is 28.5 Å². The van der Waals surface area contributed by atoms with Crippen molar-refractivity contribution in [1.82, 2.24) is 15.5 Å². The summed E-state index contributed by atoms with van der Waals surface area (Å²) in [5.74, 6) is 0.972. The molecule has 0 saturated heterocycles. The molecule has 0 radical (unpaired) electrons. The maximum absolute atomic E-state index is 6.20. The van der Waals surface area contributed by atoms with E-state index in [-0.39, 0.29) is 6.04 Å². The van der Waals surface area contributed by atoms with Crippen molar-refractivity contribution in [1.29, 1.82) is 0 Å². The molecule has 1 aliphatic carbocycles. The second-order valence-corrected chi connectivity index (χ2v) is 7.48. The second kappa shape index (κ2) is 7.03. The summed E-state index contributed by atoms with van der Waals surface area (Å²) in [4.78, 5) is 4.32. The molecule has 1 saturated carbocycles. The van der Waals surface area contributed by atoms with E-state index in [1.54, 1.807) is 23.5 Å². The molecule has 23 heavy (non-hydrogen) atoms. The van der Waals surface area contributed by atoms with Gasteiger partial charge in [-0.1, -0.05) is 40.6 Å². The minimum Gasteiger partial charge on any atom is -0.370 e. The fourth-order valence-corrected chi connectivity index (χ4v) is 3.68. The monoisotopic (exact) mass is 369 g/mol. The van der Waals surface area contributed by atoms with Gasteiger partial charge in [0.05, 0.1) is 12.6 Å². The predicted octanol–water partition coefficient (Wildman–Crippen LogP) is 3.89. The van der Waals surface area contributed by atoms with E-state index >= 15 is 0 Å². The molecule has 0 aliphatic heterocycles. The number of hydrogen-bond donors (Lipinski definition) is 2. The van der Waals surface area contributed by atoms with Gasteiger partial charge in [-0.3, -0.25) is 0 Å². The molecule has 1 fully saturated rings. The summed E-state index contributed by atoms with van der Waals surface area (Å²) in [5, 5.41) is 14.7. The highest BCUT2D eigenvalue weighted by molar-refractivity contribution is 7.11. The number of nitrogens with two attached hydrogens (primary N) is 1. The molecular formula is C15H17Cl2N5S. The molecule has 122 valence electrons. The zero-order valence-electron chi connectivity index (χ0n) is 12.6. The molecule has 2 aromatic rings. The molecule has 0 amide bonds. The summed E-state index contributed by atoms with van der Waals surface area (Å²) in [6.45, 7) is 2.40. The second-order valence-electron chi connectivity index (χ2n) is 5.54. The Kier molecular flexibility index (Phi) is 5.04. The summed E-state index contributed by atoms with van der Waals surface area (Å²) >= 11 is 13.7. The first kappa shape index (κ1) is 16.5. The van der Waals surface area contributed by atoms with Gasteiger partial charge in [0.1, 0.15) is 10.0 Å². The molecule has 1 heterocycles. The number of hydrogen-bond acceptors (Lipinski definition) is 4. The van der Waals surface area contributed by atoms with Crippen molar-refractivity contribution in [3.63, 3.8) is 0 Å². The van der Waals surface area contributed by atoms with E-state index in [0.717, 1.165) is 15.6 Å². The van der Waals surface area contributed by atoms with Crippen LogP contribution >= 0.6 is 34.5 Å². The van der Waals surface area contributed by atoms with Gasteiger partial charge in [0.15, 0.2) is 5.96 Å². The van der Waals surface area contributed by atoms with Crippen LogP contribution in [-0.4, -0.2) is 16.2 Å². The van der Waals surface area contributed by atoms with Crippen molar-refractivity contribution in [3.05, 3.63) is 43.8 Å². The highest BCUT2D eigenvalue weighted by Gasteiger charge is 2.27. The SMILES string of the molecule is CC(NC(N)=NCc1nnc(C2CC2)s1)c1ccc(Cl)cc1Cl. The van der Waals surface area contributed by atoms with Crippen molar-refractivity contribution < 1.29 is 0 Å². The van der Waals surface area contributed by atoms with Gasteiger partial charge in [-0.2, -0.15) is 0 Å². The number of rotatable bonds is 5. The Hall–Kier alpha value is -1.37. The first-order chi connectivity index (χ1) is 11.0. The summed E-state index contributed by atoms with van der Waals surface area (Å²) < 4.78 is 0. The van der Waals surface area contributed by atoms with Crippen molar-refractivity contribution >= 4 is 40.5 Å². The number of guanidine groups is 1. The number of aliphatic imine (C=N–C) groups is 1. The van der Waals surface area contributed by atoms with Crippen LogP contribution in [0, 0.1) is 0 Å². The van der Waals surface area contributed by atoms with Crippen LogP contribution in [0.15, 0.2) is 23.2 Å². The highest BCUT2D eigenvalue weighted by atomic mass is 35.5. The molecule has 3 rings (SSSR count). The Morgan fingerprint density at radius 2 is 2.22 bits per heavy atom. The zero-order chi connectivity index (χ0) is 16.4. The minimum absolute atomic E-state index is 0.0695. The lowest BCUT2D eigenvalue weighted by molar-refractivity contribution is 0.707. The molecule has 1 atom stereocenters. The zero-order valence-corrected chi connectivity index (χ0v) is 14.9. The van der Waals surface area contributed by atoms with E-state index in [9.17, 15) is 0 Å². The first-order valence-corrected chi connectivity index (χ1v) is 8.94. The Labute approximate surface area is 148 Å². The number of benzene rings is 1. The van der Waals surface area contributed by atoms with Crippen LogP contribution in [0.1, 0.15) is 47.3 Å². The van der Waals surface area contributed by atoms with Crippen LogP contribution in [0.3, 0.4) is 0 Å². The maximum Gasteiger partial charge on any atom is 0.189 e.